The van der Waals surface area contributed by atoms with Crippen molar-refractivity contribution in [3.63, 3.8) is 0 Å². The average Bonchev–Trinajstić information content (AvgIpc) is 2.67. The highest BCUT2D eigenvalue weighted by Crippen LogP contribution is 2.27. The second-order valence-electron chi connectivity index (χ2n) is 6.82. The number of anilines is 1. The summed E-state index contributed by atoms with van der Waals surface area (Å²) in [4.78, 5) is 12.6. The number of rotatable bonds is 5. The van der Waals surface area contributed by atoms with E-state index in [0.29, 0.717) is 34.4 Å². The van der Waals surface area contributed by atoms with Crippen molar-refractivity contribution < 1.29 is 17.6 Å². The van der Waals surface area contributed by atoms with Crippen molar-refractivity contribution in [3.05, 3.63) is 62.3 Å². The fourth-order valence-electron chi connectivity index (χ4n) is 3.17. The maximum absolute atomic E-state index is 14.0. The summed E-state index contributed by atoms with van der Waals surface area (Å²) < 4.78 is 41.5. The van der Waals surface area contributed by atoms with Gasteiger partial charge in [0.05, 0.1) is 27.4 Å². The third-order valence-electron chi connectivity index (χ3n) is 4.67. The molecule has 0 bridgehead atoms. The van der Waals surface area contributed by atoms with Gasteiger partial charge in [-0.15, -0.1) is 0 Å². The predicted molar refractivity (Wildman–Crippen MR) is 116 cm³/mol. The summed E-state index contributed by atoms with van der Waals surface area (Å²) in [6, 6.07) is 9.01. The molecule has 2 aromatic rings. The van der Waals surface area contributed by atoms with Gasteiger partial charge in [-0.3, -0.25) is 4.79 Å². The number of halogens is 4. The van der Waals surface area contributed by atoms with Crippen molar-refractivity contribution in [1.29, 1.82) is 0 Å². The highest BCUT2D eigenvalue weighted by Gasteiger charge is 2.32. The Morgan fingerprint density at radius 1 is 1.21 bits per heavy atom. The number of carbonyl (C=O) groups excluding carboxylic acids is 1. The van der Waals surface area contributed by atoms with Crippen LogP contribution in [0.3, 0.4) is 0 Å². The lowest BCUT2D eigenvalue weighted by Gasteiger charge is -2.31. The molecule has 1 unspecified atom stereocenters. The van der Waals surface area contributed by atoms with Gasteiger partial charge in [0.2, 0.25) is 15.9 Å². The van der Waals surface area contributed by atoms with Crippen molar-refractivity contribution in [2.24, 2.45) is 5.92 Å². The number of amides is 1. The first-order chi connectivity index (χ1) is 13.7. The molecule has 1 saturated heterocycles. The maximum atomic E-state index is 14.0. The molecular weight excluding hydrogens is 506 g/mol. The zero-order valence-electron chi connectivity index (χ0n) is 15.2. The number of nitrogens with zero attached hydrogens (tertiary/aromatic N) is 1. The van der Waals surface area contributed by atoms with Crippen LogP contribution in [0.1, 0.15) is 18.4 Å². The molecular formula is C19H18BrCl2FN2O3S. The second-order valence-corrected chi connectivity index (χ2v) is 10.5. The monoisotopic (exact) mass is 522 g/mol. The molecule has 0 saturated carbocycles. The van der Waals surface area contributed by atoms with Gasteiger partial charge < -0.3 is 5.32 Å². The van der Waals surface area contributed by atoms with Crippen LogP contribution in [0.15, 0.2) is 40.9 Å². The number of benzene rings is 2. The van der Waals surface area contributed by atoms with E-state index in [0.717, 1.165) is 0 Å². The molecule has 0 radical (unpaired) electrons. The van der Waals surface area contributed by atoms with Crippen molar-refractivity contribution in [1.82, 2.24) is 4.31 Å². The topological polar surface area (TPSA) is 66.5 Å². The first-order valence-corrected chi connectivity index (χ1v) is 12.0. The Balaban J connectivity index is 1.68. The van der Waals surface area contributed by atoms with E-state index in [4.69, 9.17) is 23.2 Å². The summed E-state index contributed by atoms with van der Waals surface area (Å²) in [7, 11) is -3.65. The molecule has 0 spiro atoms. The van der Waals surface area contributed by atoms with Gasteiger partial charge in [0, 0.05) is 17.6 Å². The molecule has 2 aromatic carbocycles. The van der Waals surface area contributed by atoms with Crippen molar-refractivity contribution in [2.45, 2.75) is 18.6 Å². The Morgan fingerprint density at radius 2 is 1.97 bits per heavy atom. The lowest BCUT2D eigenvalue weighted by molar-refractivity contribution is -0.120. The largest absolute Gasteiger partial charge is 0.323 e. The standard InChI is InChI=1S/C19H18BrCl2FN2O3S/c20-14-4-6-18(17(23)9-14)24-19(26)13-2-1-7-25(10-13)29(27,28)11-12-3-5-15(21)16(22)8-12/h3-6,8-9,13H,1-2,7,10-11H2,(H,24,26). The normalized spacial score (nSPS) is 17.9. The Bertz CT molecular complexity index is 1040. The lowest BCUT2D eigenvalue weighted by atomic mass is 9.98. The van der Waals surface area contributed by atoms with E-state index in [1.807, 2.05) is 0 Å². The van der Waals surface area contributed by atoms with Crippen molar-refractivity contribution >= 4 is 60.7 Å². The summed E-state index contributed by atoms with van der Waals surface area (Å²) >= 11 is 15.0. The van der Waals surface area contributed by atoms with Gasteiger partial charge in [0.1, 0.15) is 5.82 Å². The zero-order chi connectivity index (χ0) is 21.2. The minimum Gasteiger partial charge on any atom is -0.323 e. The molecule has 0 aromatic heterocycles. The Hall–Kier alpha value is -1.19. The van der Waals surface area contributed by atoms with Crippen molar-refractivity contribution in [3.8, 4) is 0 Å². The van der Waals surface area contributed by atoms with E-state index < -0.39 is 27.7 Å². The zero-order valence-corrected chi connectivity index (χ0v) is 19.1. The van der Waals surface area contributed by atoms with Gasteiger partial charge >= 0.3 is 0 Å². The SMILES string of the molecule is O=C(Nc1ccc(Br)cc1F)C1CCCN(S(=O)(=O)Cc2ccc(Cl)c(Cl)c2)C1. The molecule has 1 amide bonds. The summed E-state index contributed by atoms with van der Waals surface area (Å²) in [5.74, 6) is -1.76. The van der Waals surface area contributed by atoms with Crippen molar-refractivity contribution in [2.75, 3.05) is 18.4 Å². The molecule has 0 aliphatic carbocycles. The molecule has 1 atom stereocenters. The molecule has 29 heavy (non-hydrogen) atoms. The van der Waals surface area contributed by atoms with Gasteiger partial charge in [-0.05, 0) is 48.7 Å². The summed E-state index contributed by atoms with van der Waals surface area (Å²) in [5.41, 5.74) is 0.580. The summed E-state index contributed by atoms with van der Waals surface area (Å²) in [5, 5.41) is 3.19. The minimum atomic E-state index is -3.65. The van der Waals surface area contributed by atoms with E-state index in [1.165, 1.54) is 22.5 Å². The molecule has 1 aliphatic rings. The third kappa shape index (κ3) is 5.70. The van der Waals surface area contributed by atoms with Crippen LogP contribution in [0.2, 0.25) is 10.0 Å². The molecule has 156 valence electrons. The highest BCUT2D eigenvalue weighted by molar-refractivity contribution is 9.10. The van der Waals surface area contributed by atoms with E-state index in [-0.39, 0.29) is 23.0 Å². The van der Waals surface area contributed by atoms with E-state index in [9.17, 15) is 17.6 Å². The van der Waals surface area contributed by atoms with Crippen LogP contribution >= 0.6 is 39.1 Å². The van der Waals surface area contributed by atoms with Crippen LogP contribution in [0.25, 0.3) is 0 Å². The minimum absolute atomic E-state index is 0.0492. The van der Waals surface area contributed by atoms with Gasteiger partial charge in [-0.2, -0.15) is 0 Å². The Kier molecular flexibility index (Phi) is 7.22. The van der Waals surface area contributed by atoms with Crippen LogP contribution < -0.4 is 5.32 Å². The third-order valence-corrected chi connectivity index (χ3v) is 7.72. The van der Waals surface area contributed by atoms with E-state index >= 15 is 0 Å². The smallest absolute Gasteiger partial charge is 0.228 e. The lowest BCUT2D eigenvalue weighted by Crippen LogP contribution is -2.44. The van der Waals surface area contributed by atoms with E-state index in [2.05, 4.69) is 21.2 Å². The fourth-order valence-corrected chi connectivity index (χ4v) is 5.42. The Morgan fingerprint density at radius 3 is 2.66 bits per heavy atom. The molecule has 1 fully saturated rings. The van der Waals surface area contributed by atoms with Gasteiger partial charge in [-0.1, -0.05) is 45.2 Å². The van der Waals surface area contributed by atoms with Crippen LogP contribution in [-0.2, 0) is 20.6 Å². The average molecular weight is 524 g/mol. The second kappa shape index (κ2) is 9.31. The van der Waals surface area contributed by atoms with Crippen LogP contribution in [0, 0.1) is 11.7 Å². The quantitative estimate of drug-likeness (QED) is 0.594. The van der Waals surface area contributed by atoms with Crippen LogP contribution in [0.4, 0.5) is 10.1 Å². The number of nitrogens with one attached hydrogen (secondary N) is 1. The first kappa shape index (κ1) is 22.5. The van der Waals surface area contributed by atoms with Crippen LogP contribution in [0.5, 0.6) is 0 Å². The Labute approximate surface area is 187 Å². The van der Waals surface area contributed by atoms with E-state index in [1.54, 1.807) is 18.2 Å². The summed E-state index contributed by atoms with van der Waals surface area (Å²) in [6.45, 7) is 0.383. The number of carbonyl (C=O) groups is 1. The van der Waals surface area contributed by atoms with Gasteiger partial charge in [0.15, 0.2) is 0 Å². The summed E-state index contributed by atoms with van der Waals surface area (Å²) in [6.07, 6.45) is 1.07. The molecule has 1 aliphatic heterocycles. The first-order valence-electron chi connectivity index (χ1n) is 8.83. The molecule has 3 rings (SSSR count). The molecule has 1 heterocycles. The molecule has 1 N–H and O–H groups in total. The number of hydrogen-bond donors (Lipinski definition) is 1. The highest BCUT2D eigenvalue weighted by atomic mass is 79.9. The maximum Gasteiger partial charge on any atom is 0.228 e. The number of hydrogen-bond acceptors (Lipinski definition) is 3. The van der Waals surface area contributed by atoms with Gasteiger partial charge in [0.25, 0.3) is 0 Å². The number of piperidine rings is 1. The predicted octanol–water partition coefficient (Wildman–Crippen LogP) is 5.08. The van der Waals surface area contributed by atoms with Gasteiger partial charge in [-0.25, -0.2) is 17.1 Å². The van der Waals surface area contributed by atoms with Crippen LogP contribution in [-0.4, -0.2) is 31.7 Å². The molecule has 5 nitrogen and oxygen atoms in total. The number of sulfonamides is 1. The fraction of sp³-hybridized carbons (Fsp3) is 0.316. The molecule has 10 heteroatoms.